The minimum absolute atomic E-state index is 0.170. The number of benzene rings is 1. The van der Waals surface area contributed by atoms with Gasteiger partial charge in [-0.2, -0.15) is 13.2 Å². The van der Waals surface area contributed by atoms with Crippen LogP contribution in [0.2, 0.25) is 0 Å². The van der Waals surface area contributed by atoms with Gasteiger partial charge < -0.3 is 5.32 Å². The van der Waals surface area contributed by atoms with Crippen LogP contribution in [0.15, 0.2) is 18.2 Å². The van der Waals surface area contributed by atoms with Gasteiger partial charge in [0.25, 0.3) is 0 Å². The van der Waals surface area contributed by atoms with Crippen molar-refractivity contribution in [3.05, 3.63) is 35.1 Å². The topological polar surface area (TPSA) is 29.1 Å². The lowest BCUT2D eigenvalue weighted by Gasteiger charge is -2.12. The van der Waals surface area contributed by atoms with Gasteiger partial charge >= 0.3 is 6.18 Å². The van der Waals surface area contributed by atoms with E-state index in [-0.39, 0.29) is 18.5 Å². The molecule has 1 amide bonds. The van der Waals surface area contributed by atoms with E-state index in [1.54, 1.807) is 0 Å². The molecule has 0 saturated heterocycles. The van der Waals surface area contributed by atoms with E-state index in [2.05, 4.69) is 5.32 Å². The second-order valence-electron chi connectivity index (χ2n) is 2.80. The highest BCUT2D eigenvalue weighted by molar-refractivity contribution is 5.46. The highest BCUT2D eigenvalue weighted by Gasteiger charge is 2.33. The number of alkyl halides is 3. The van der Waals surface area contributed by atoms with Crippen LogP contribution in [0.4, 0.5) is 17.6 Å². The molecule has 0 atom stereocenters. The van der Waals surface area contributed by atoms with Crippen LogP contribution >= 0.6 is 0 Å². The van der Waals surface area contributed by atoms with Gasteiger partial charge in [0.15, 0.2) is 0 Å². The van der Waals surface area contributed by atoms with Gasteiger partial charge in [0, 0.05) is 6.54 Å². The molecule has 1 aromatic rings. The zero-order valence-electron chi connectivity index (χ0n) is 7.44. The second-order valence-corrected chi connectivity index (χ2v) is 2.80. The van der Waals surface area contributed by atoms with Gasteiger partial charge in [-0.25, -0.2) is 4.39 Å². The van der Waals surface area contributed by atoms with Crippen LogP contribution in [-0.4, -0.2) is 6.41 Å². The first-order valence-electron chi connectivity index (χ1n) is 3.98. The van der Waals surface area contributed by atoms with E-state index in [0.717, 1.165) is 12.1 Å². The molecule has 6 heteroatoms. The number of nitrogens with one attached hydrogen (secondary N) is 1. The number of amides is 1. The van der Waals surface area contributed by atoms with E-state index in [1.807, 2.05) is 0 Å². The molecule has 0 aliphatic heterocycles. The lowest BCUT2D eigenvalue weighted by Crippen LogP contribution is -2.16. The smallest absolute Gasteiger partial charge is 0.355 e. The van der Waals surface area contributed by atoms with Crippen molar-refractivity contribution in [2.24, 2.45) is 0 Å². The highest BCUT2D eigenvalue weighted by atomic mass is 19.4. The monoisotopic (exact) mass is 221 g/mol. The molecule has 0 aromatic heterocycles. The third-order valence-electron chi connectivity index (χ3n) is 1.75. The largest absolute Gasteiger partial charge is 0.416 e. The quantitative estimate of drug-likeness (QED) is 0.614. The molecule has 0 aliphatic rings. The lowest BCUT2D eigenvalue weighted by molar-refractivity contribution is -0.138. The number of rotatable bonds is 3. The fraction of sp³-hybridized carbons (Fsp3) is 0.222. The second kappa shape index (κ2) is 4.29. The fourth-order valence-electron chi connectivity index (χ4n) is 1.12. The number of hydrogen-bond donors (Lipinski definition) is 1. The normalized spacial score (nSPS) is 11.2. The Morgan fingerprint density at radius 1 is 1.33 bits per heavy atom. The average molecular weight is 221 g/mol. The molecule has 1 rings (SSSR count). The Balaban J connectivity index is 3.09. The van der Waals surface area contributed by atoms with Gasteiger partial charge in [0.05, 0.1) is 5.56 Å². The van der Waals surface area contributed by atoms with Crippen molar-refractivity contribution in [1.29, 1.82) is 0 Å². The van der Waals surface area contributed by atoms with Crippen molar-refractivity contribution < 1.29 is 22.4 Å². The summed E-state index contributed by atoms with van der Waals surface area (Å²) in [6.07, 6.45) is -4.34. The average Bonchev–Trinajstić information content (AvgIpc) is 2.14. The third kappa shape index (κ3) is 2.93. The van der Waals surface area contributed by atoms with Crippen molar-refractivity contribution in [2.75, 3.05) is 0 Å². The molecule has 0 unspecified atom stereocenters. The maximum Gasteiger partial charge on any atom is 0.416 e. The first-order chi connectivity index (χ1) is 6.95. The van der Waals surface area contributed by atoms with Crippen molar-refractivity contribution in [2.45, 2.75) is 12.7 Å². The molecule has 1 aromatic carbocycles. The number of halogens is 4. The van der Waals surface area contributed by atoms with Crippen molar-refractivity contribution in [1.82, 2.24) is 5.32 Å². The van der Waals surface area contributed by atoms with E-state index < -0.39 is 17.6 Å². The minimum atomic E-state index is -4.62. The van der Waals surface area contributed by atoms with E-state index in [9.17, 15) is 22.4 Å². The molecule has 0 spiro atoms. The summed E-state index contributed by atoms with van der Waals surface area (Å²) in [6, 6.07) is 2.31. The summed E-state index contributed by atoms with van der Waals surface area (Å²) in [5.74, 6) is -0.961. The summed E-state index contributed by atoms with van der Waals surface area (Å²) in [5.41, 5.74) is -1.24. The molecule has 2 nitrogen and oxygen atoms in total. The van der Waals surface area contributed by atoms with Crippen LogP contribution in [0, 0.1) is 5.82 Å². The molecule has 0 bridgehead atoms. The molecule has 1 N–H and O–H groups in total. The summed E-state index contributed by atoms with van der Waals surface area (Å²) < 4.78 is 49.7. The Hall–Kier alpha value is -1.59. The SMILES string of the molecule is O=CNCc1ccc(F)cc1C(F)(F)F. The predicted molar refractivity (Wildman–Crippen MR) is 44.3 cm³/mol. The summed E-state index contributed by atoms with van der Waals surface area (Å²) >= 11 is 0. The molecule has 0 heterocycles. The first-order valence-corrected chi connectivity index (χ1v) is 3.98. The third-order valence-corrected chi connectivity index (χ3v) is 1.75. The van der Waals surface area contributed by atoms with Gasteiger partial charge in [-0.15, -0.1) is 0 Å². The number of hydrogen-bond acceptors (Lipinski definition) is 1. The summed E-state index contributed by atoms with van der Waals surface area (Å²) in [7, 11) is 0. The molecule has 0 radical (unpaired) electrons. The van der Waals surface area contributed by atoms with Gasteiger partial charge in [-0.3, -0.25) is 4.79 Å². The molecule has 0 saturated carbocycles. The first kappa shape index (κ1) is 11.5. The maximum absolute atomic E-state index is 12.6. The molecule has 0 fully saturated rings. The predicted octanol–water partition coefficient (Wildman–Crippen LogP) is 2.09. The van der Waals surface area contributed by atoms with Crippen LogP contribution in [0.3, 0.4) is 0 Å². The van der Waals surface area contributed by atoms with E-state index >= 15 is 0 Å². The minimum Gasteiger partial charge on any atom is -0.355 e. The fourth-order valence-corrected chi connectivity index (χ4v) is 1.12. The highest BCUT2D eigenvalue weighted by Crippen LogP contribution is 2.32. The summed E-state index contributed by atoms with van der Waals surface area (Å²) in [4.78, 5) is 9.94. The van der Waals surface area contributed by atoms with Crippen LogP contribution in [-0.2, 0) is 17.5 Å². The van der Waals surface area contributed by atoms with Gasteiger partial charge in [0.1, 0.15) is 5.82 Å². The van der Waals surface area contributed by atoms with Crippen molar-refractivity contribution in [3.63, 3.8) is 0 Å². The van der Waals surface area contributed by atoms with Crippen LogP contribution in [0.1, 0.15) is 11.1 Å². The van der Waals surface area contributed by atoms with Crippen LogP contribution in [0.5, 0.6) is 0 Å². The Labute approximate surface area is 82.9 Å². The zero-order chi connectivity index (χ0) is 11.5. The summed E-state index contributed by atoms with van der Waals surface area (Å²) in [5, 5.41) is 2.09. The molecule has 82 valence electrons. The lowest BCUT2D eigenvalue weighted by atomic mass is 10.1. The number of carbonyl (C=O) groups is 1. The van der Waals surface area contributed by atoms with Crippen molar-refractivity contribution in [3.8, 4) is 0 Å². The van der Waals surface area contributed by atoms with E-state index in [4.69, 9.17) is 0 Å². The van der Waals surface area contributed by atoms with Crippen LogP contribution < -0.4 is 5.32 Å². The molecule has 0 aliphatic carbocycles. The Morgan fingerprint density at radius 3 is 2.53 bits per heavy atom. The van der Waals surface area contributed by atoms with Gasteiger partial charge in [-0.05, 0) is 17.7 Å². The molecular formula is C9H7F4NO. The zero-order valence-corrected chi connectivity index (χ0v) is 7.44. The summed E-state index contributed by atoms with van der Waals surface area (Å²) in [6.45, 7) is -0.279. The van der Waals surface area contributed by atoms with Crippen molar-refractivity contribution >= 4 is 6.41 Å². The standard InChI is InChI=1S/C9H7F4NO/c10-7-2-1-6(4-14-5-15)8(3-7)9(11,12)13/h1-3,5H,4H2,(H,14,15). The van der Waals surface area contributed by atoms with E-state index in [1.165, 1.54) is 0 Å². The molecular weight excluding hydrogens is 214 g/mol. The Morgan fingerprint density at radius 2 is 2.00 bits per heavy atom. The van der Waals surface area contributed by atoms with E-state index in [0.29, 0.717) is 6.07 Å². The Bertz CT molecular complexity index is 362. The maximum atomic E-state index is 12.6. The molecule has 15 heavy (non-hydrogen) atoms. The van der Waals surface area contributed by atoms with Gasteiger partial charge in [0.2, 0.25) is 6.41 Å². The Kier molecular flexibility index (Phi) is 3.28. The number of carbonyl (C=O) groups excluding carboxylic acids is 1. The van der Waals surface area contributed by atoms with Crippen LogP contribution in [0.25, 0.3) is 0 Å². The van der Waals surface area contributed by atoms with Gasteiger partial charge in [-0.1, -0.05) is 6.07 Å².